The maximum Gasteiger partial charge on any atom is 0.151 e. The lowest BCUT2D eigenvalue weighted by Crippen LogP contribution is -2.06. The first kappa shape index (κ1) is 14.6. The molecule has 0 saturated carbocycles. The Kier molecular flexibility index (Phi) is 3.62. The van der Waals surface area contributed by atoms with Crippen LogP contribution in [0.25, 0.3) is 22.2 Å². The number of benzene rings is 1. The summed E-state index contributed by atoms with van der Waals surface area (Å²) >= 11 is 0. The van der Waals surface area contributed by atoms with Crippen molar-refractivity contribution in [2.75, 3.05) is 4.72 Å². The van der Waals surface area contributed by atoms with E-state index in [1.807, 2.05) is 55.8 Å². The minimum Gasteiger partial charge on any atom is -0.367 e. The Bertz CT molecular complexity index is 1010. The van der Waals surface area contributed by atoms with Crippen molar-refractivity contribution in [3.05, 3.63) is 61.2 Å². The summed E-state index contributed by atoms with van der Waals surface area (Å²) in [5, 5.41) is 5.24. The molecule has 0 aliphatic rings. The molecule has 3 aromatic heterocycles. The zero-order valence-corrected chi connectivity index (χ0v) is 13.7. The molecule has 0 bridgehead atoms. The normalized spacial score (nSPS) is 12.4. The number of nitrogens with one attached hydrogen (secondary N) is 2. The van der Waals surface area contributed by atoms with Gasteiger partial charge in [0.15, 0.2) is 11.0 Å². The number of aryl methyl sites for hydroxylation is 1. The molecular formula is C17H15N5OS. The Morgan fingerprint density at radius 2 is 2.08 bits per heavy atom. The van der Waals surface area contributed by atoms with Crippen molar-refractivity contribution in [1.29, 1.82) is 0 Å². The molecule has 0 aliphatic carbocycles. The van der Waals surface area contributed by atoms with Crippen LogP contribution in [0.2, 0.25) is 0 Å². The second-order valence-corrected chi connectivity index (χ2v) is 6.57. The van der Waals surface area contributed by atoms with Gasteiger partial charge in [0.25, 0.3) is 0 Å². The van der Waals surface area contributed by atoms with Gasteiger partial charge in [-0.3, -0.25) is 14.4 Å². The minimum atomic E-state index is -1.40. The second-order valence-electron chi connectivity index (χ2n) is 5.36. The van der Waals surface area contributed by atoms with E-state index in [2.05, 4.69) is 19.8 Å². The maximum atomic E-state index is 12.6. The third-order valence-corrected chi connectivity index (χ3v) is 4.88. The third-order valence-electron chi connectivity index (χ3n) is 3.81. The molecule has 2 N–H and O–H groups in total. The van der Waals surface area contributed by atoms with Crippen molar-refractivity contribution in [3.63, 3.8) is 0 Å². The molecule has 3 heterocycles. The number of aromatic amines is 1. The van der Waals surface area contributed by atoms with Crippen LogP contribution in [0.4, 0.5) is 5.69 Å². The molecule has 120 valence electrons. The summed E-state index contributed by atoms with van der Waals surface area (Å²) in [6, 6.07) is 11.4. The SMILES string of the molecule is Cn1ncc2cccc(NS(=O)c3ccc(-c4cc[nH]c4)nc3)c21. The molecule has 0 saturated heterocycles. The lowest BCUT2D eigenvalue weighted by molar-refractivity contribution is 0.686. The van der Waals surface area contributed by atoms with Crippen molar-refractivity contribution >= 4 is 27.6 Å². The first-order chi connectivity index (χ1) is 11.7. The van der Waals surface area contributed by atoms with E-state index in [-0.39, 0.29) is 0 Å². The average Bonchev–Trinajstić information content (AvgIpc) is 3.26. The van der Waals surface area contributed by atoms with E-state index in [9.17, 15) is 4.21 Å². The molecule has 6 nitrogen and oxygen atoms in total. The standard InChI is InChI=1S/C17H15N5OS/c1-22-17-13(10-20-22)3-2-4-16(17)21-24(23)14-5-6-15(19-11-14)12-7-8-18-9-12/h2-11,18,21H,1H3. The quantitative estimate of drug-likeness (QED) is 0.601. The van der Waals surface area contributed by atoms with Crippen molar-refractivity contribution in [1.82, 2.24) is 19.7 Å². The van der Waals surface area contributed by atoms with Crippen LogP contribution in [-0.4, -0.2) is 24.0 Å². The van der Waals surface area contributed by atoms with Gasteiger partial charge in [0.05, 0.1) is 28.0 Å². The van der Waals surface area contributed by atoms with E-state index in [4.69, 9.17) is 0 Å². The van der Waals surface area contributed by atoms with Crippen LogP contribution in [0.1, 0.15) is 0 Å². The molecule has 1 aromatic carbocycles. The average molecular weight is 337 g/mol. The summed E-state index contributed by atoms with van der Waals surface area (Å²) in [5.41, 5.74) is 3.54. The first-order valence-corrected chi connectivity index (χ1v) is 8.56. The fourth-order valence-corrected chi connectivity index (χ4v) is 3.44. The maximum absolute atomic E-state index is 12.6. The van der Waals surface area contributed by atoms with E-state index in [1.165, 1.54) is 0 Å². The first-order valence-electron chi connectivity index (χ1n) is 7.41. The van der Waals surface area contributed by atoms with Crippen molar-refractivity contribution in [2.24, 2.45) is 7.05 Å². The Labute approximate surface area is 141 Å². The number of hydrogen-bond donors (Lipinski definition) is 2. The highest BCUT2D eigenvalue weighted by Gasteiger charge is 2.10. The van der Waals surface area contributed by atoms with E-state index in [1.54, 1.807) is 17.1 Å². The van der Waals surface area contributed by atoms with Crippen molar-refractivity contribution in [3.8, 4) is 11.3 Å². The van der Waals surface area contributed by atoms with Crippen LogP contribution in [0.15, 0.2) is 66.1 Å². The predicted molar refractivity (Wildman–Crippen MR) is 94.8 cm³/mol. The van der Waals surface area contributed by atoms with Gasteiger partial charge in [0, 0.05) is 36.6 Å². The Morgan fingerprint density at radius 1 is 1.17 bits per heavy atom. The highest BCUT2D eigenvalue weighted by Crippen LogP contribution is 2.24. The fraction of sp³-hybridized carbons (Fsp3) is 0.0588. The van der Waals surface area contributed by atoms with Gasteiger partial charge in [-0.25, -0.2) is 4.21 Å². The van der Waals surface area contributed by atoms with Crippen LogP contribution in [-0.2, 0) is 18.0 Å². The Balaban J connectivity index is 1.61. The van der Waals surface area contributed by atoms with Crippen LogP contribution in [0.5, 0.6) is 0 Å². The summed E-state index contributed by atoms with van der Waals surface area (Å²) < 4.78 is 17.4. The number of rotatable bonds is 4. The second kappa shape index (κ2) is 5.93. The highest BCUT2D eigenvalue weighted by atomic mass is 32.2. The summed E-state index contributed by atoms with van der Waals surface area (Å²) in [6.45, 7) is 0. The van der Waals surface area contributed by atoms with Crippen molar-refractivity contribution in [2.45, 2.75) is 4.90 Å². The zero-order valence-electron chi connectivity index (χ0n) is 12.9. The van der Waals surface area contributed by atoms with Gasteiger partial charge in [-0.05, 0) is 24.3 Å². The number of hydrogen-bond acceptors (Lipinski definition) is 3. The molecule has 1 unspecified atom stereocenters. The summed E-state index contributed by atoms with van der Waals surface area (Å²) in [6.07, 6.45) is 7.14. The molecule has 0 spiro atoms. The number of anilines is 1. The van der Waals surface area contributed by atoms with E-state index < -0.39 is 11.0 Å². The predicted octanol–water partition coefficient (Wildman–Crippen LogP) is 3.10. The molecule has 0 amide bonds. The smallest absolute Gasteiger partial charge is 0.151 e. The molecule has 7 heteroatoms. The van der Waals surface area contributed by atoms with E-state index in [0.29, 0.717) is 4.90 Å². The lowest BCUT2D eigenvalue weighted by atomic mass is 10.2. The number of H-pyrrole nitrogens is 1. The monoisotopic (exact) mass is 337 g/mol. The molecule has 4 rings (SSSR count). The molecule has 0 aliphatic heterocycles. The molecule has 4 aromatic rings. The van der Waals surface area contributed by atoms with Gasteiger partial charge in [-0.1, -0.05) is 12.1 Å². The van der Waals surface area contributed by atoms with Gasteiger partial charge >= 0.3 is 0 Å². The minimum absolute atomic E-state index is 0.619. The summed E-state index contributed by atoms with van der Waals surface area (Å²) in [5.74, 6) is 0. The van der Waals surface area contributed by atoms with E-state index in [0.717, 1.165) is 27.8 Å². The molecule has 24 heavy (non-hydrogen) atoms. The number of fused-ring (bicyclic) bond motifs is 1. The van der Waals surface area contributed by atoms with Crippen LogP contribution in [0.3, 0.4) is 0 Å². The lowest BCUT2D eigenvalue weighted by Gasteiger charge is -2.08. The molecule has 0 fully saturated rings. The number of aromatic nitrogens is 4. The summed E-state index contributed by atoms with van der Waals surface area (Å²) in [7, 11) is 0.465. The van der Waals surface area contributed by atoms with Gasteiger partial charge in [-0.2, -0.15) is 5.10 Å². The third kappa shape index (κ3) is 2.59. The van der Waals surface area contributed by atoms with Gasteiger partial charge in [-0.15, -0.1) is 0 Å². The van der Waals surface area contributed by atoms with Crippen molar-refractivity contribution < 1.29 is 4.21 Å². The van der Waals surface area contributed by atoms with Crippen LogP contribution >= 0.6 is 0 Å². The Hall–Kier alpha value is -2.93. The van der Waals surface area contributed by atoms with Crippen LogP contribution in [0, 0.1) is 0 Å². The topological polar surface area (TPSA) is 75.6 Å². The Morgan fingerprint density at radius 3 is 2.83 bits per heavy atom. The number of pyridine rings is 1. The van der Waals surface area contributed by atoms with Crippen LogP contribution < -0.4 is 4.72 Å². The van der Waals surface area contributed by atoms with Gasteiger partial charge in [0.1, 0.15) is 0 Å². The molecular weight excluding hydrogens is 322 g/mol. The fourth-order valence-electron chi connectivity index (χ4n) is 2.62. The molecule has 0 radical (unpaired) electrons. The number of nitrogens with zero attached hydrogens (tertiary/aromatic N) is 3. The zero-order chi connectivity index (χ0) is 16.5. The van der Waals surface area contributed by atoms with Gasteiger partial charge < -0.3 is 4.98 Å². The molecule has 1 atom stereocenters. The van der Waals surface area contributed by atoms with Gasteiger partial charge in [0.2, 0.25) is 0 Å². The highest BCUT2D eigenvalue weighted by molar-refractivity contribution is 7.86. The summed E-state index contributed by atoms with van der Waals surface area (Å²) in [4.78, 5) is 8.00. The largest absolute Gasteiger partial charge is 0.367 e. The number of para-hydroxylation sites is 1. The van der Waals surface area contributed by atoms with E-state index >= 15 is 0 Å².